The molecule has 0 atom stereocenters. The molecule has 1 fully saturated rings. The fourth-order valence-electron chi connectivity index (χ4n) is 4.84. The Labute approximate surface area is 206 Å². The van der Waals surface area contributed by atoms with Gasteiger partial charge in [0, 0.05) is 24.3 Å². The molecule has 7 heteroatoms. The third-order valence-corrected chi connectivity index (χ3v) is 6.73. The molecule has 0 aliphatic carbocycles. The van der Waals surface area contributed by atoms with Crippen LogP contribution in [0.1, 0.15) is 48.8 Å². The molecule has 4 heterocycles. The number of piperidine rings is 1. The van der Waals surface area contributed by atoms with Gasteiger partial charge in [-0.1, -0.05) is 19.6 Å². The highest BCUT2D eigenvalue weighted by Crippen LogP contribution is 2.33. The maximum Gasteiger partial charge on any atom is 0.158 e. The first-order valence-electron chi connectivity index (χ1n) is 12.4. The van der Waals surface area contributed by atoms with Gasteiger partial charge in [0.25, 0.3) is 0 Å². The average Bonchev–Trinajstić information content (AvgIpc) is 3.31. The number of allylic oxidation sites excluding steroid dienone is 3. The molecule has 3 aromatic rings. The van der Waals surface area contributed by atoms with E-state index in [2.05, 4.69) is 82.7 Å². The van der Waals surface area contributed by atoms with Gasteiger partial charge in [-0.25, -0.2) is 14.5 Å². The fraction of sp³-hybridized carbons (Fsp3) is 0.321. The van der Waals surface area contributed by atoms with Crippen LogP contribution >= 0.6 is 0 Å². The number of fused-ring (bicyclic) bond motifs is 1. The first-order chi connectivity index (χ1) is 17.1. The number of rotatable bonds is 7. The van der Waals surface area contributed by atoms with Crippen LogP contribution in [0.4, 0.5) is 11.5 Å². The molecule has 35 heavy (non-hydrogen) atoms. The Morgan fingerprint density at radius 3 is 2.89 bits per heavy atom. The van der Waals surface area contributed by atoms with E-state index in [0.29, 0.717) is 5.92 Å². The van der Waals surface area contributed by atoms with Crippen molar-refractivity contribution in [2.45, 2.75) is 45.4 Å². The molecule has 0 spiro atoms. The second-order valence-corrected chi connectivity index (χ2v) is 9.22. The molecule has 1 saturated heterocycles. The van der Waals surface area contributed by atoms with Gasteiger partial charge in [-0.2, -0.15) is 10.2 Å². The summed E-state index contributed by atoms with van der Waals surface area (Å²) >= 11 is 0. The average molecular weight is 468 g/mol. The van der Waals surface area contributed by atoms with Crippen LogP contribution < -0.4 is 10.6 Å². The molecule has 2 N–H and O–H groups in total. The Hall–Kier alpha value is -3.71. The SMILES string of the molecule is C=C1C=C(Cc2ccc(Nc3ncnn4ccc(C5CCNCC5)c34)cc2C)C=CN1/N=C\CC. The Morgan fingerprint density at radius 1 is 1.26 bits per heavy atom. The lowest BCUT2D eigenvalue weighted by Crippen LogP contribution is -2.26. The molecule has 2 aliphatic heterocycles. The summed E-state index contributed by atoms with van der Waals surface area (Å²) in [6.07, 6.45) is 15.8. The van der Waals surface area contributed by atoms with Crippen molar-refractivity contribution in [2.24, 2.45) is 5.10 Å². The van der Waals surface area contributed by atoms with E-state index in [1.165, 1.54) is 22.3 Å². The summed E-state index contributed by atoms with van der Waals surface area (Å²) in [7, 11) is 0. The van der Waals surface area contributed by atoms with Crippen molar-refractivity contribution >= 4 is 23.2 Å². The normalized spacial score (nSPS) is 16.9. The quantitative estimate of drug-likeness (QED) is 0.452. The van der Waals surface area contributed by atoms with Crippen LogP contribution in [0.2, 0.25) is 0 Å². The van der Waals surface area contributed by atoms with Gasteiger partial charge < -0.3 is 10.6 Å². The minimum absolute atomic E-state index is 0.534. The van der Waals surface area contributed by atoms with Crippen LogP contribution in [-0.4, -0.2) is 38.9 Å². The Bertz CT molecular complexity index is 1310. The maximum atomic E-state index is 4.61. The summed E-state index contributed by atoms with van der Waals surface area (Å²) in [6.45, 7) is 10.5. The smallest absolute Gasteiger partial charge is 0.158 e. The van der Waals surface area contributed by atoms with Crippen molar-refractivity contribution in [3.63, 3.8) is 0 Å². The summed E-state index contributed by atoms with van der Waals surface area (Å²) in [6, 6.07) is 8.73. The fourth-order valence-corrected chi connectivity index (χ4v) is 4.84. The van der Waals surface area contributed by atoms with Crippen LogP contribution in [0.5, 0.6) is 0 Å². The van der Waals surface area contributed by atoms with Crippen molar-refractivity contribution in [1.29, 1.82) is 0 Å². The molecular formula is C28H33N7. The molecule has 0 bridgehead atoms. The summed E-state index contributed by atoms with van der Waals surface area (Å²) in [5.41, 5.74) is 8.06. The Kier molecular flexibility index (Phi) is 6.77. The minimum atomic E-state index is 0.534. The second-order valence-electron chi connectivity index (χ2n) is 9.22. The van der Waals surface area contributed by atoms with E-state index in [0.717, 1.165) is 61.5 Å². The van der Waals surface area contributed by atoms with Crippen molar-refractivity contribution in [3.8, 4) is 0 Å². The van der Waals surface area contributed by atoms with E-state index in [1.807, 2.05) is 28.1 Å². The molecule has 7 nitrogen and oxygen atoms in total. The number of anilines is 2. The number of hydrogen-bond donors (Lipinski definition) is 2. The highest BCUT2D eigenvalue weighted by atomic mass is 15.4. The van der Waals surface area contributed by atoms with Gasteiger partial charge in [-0.05, 0) is 104 Å². The predicted octanol–water partition coefficient (Wildman–Crippen LogP) is 5.46. The molecule has 0 saturated carbocycles. The zero-order valence-corrected chi connectivity index (χ0v) is 20.5. The topological polar surface area (TPSA) is 69.8 Å². The zero-order valence-electron chi connectivity index (χ0n) is 20.5. The summed E-state index contributed by atoms with van der Waals surface area (Å²) in [5.74, 6) is 1.39. The molecule has 180 valence electrons. The third-order valence-electron chi connectivity index (χ3n) is 6.73. The lowest BCUT2D eigenvalue weighted by Gasteiger charge is -2.22. The molecule has 0 radical (unpaired) electrons. The van der Waals surface area contributed by atoms with Gasteiger partial charge in [0.2, 0.25) is 0 Å². The maximum absolute atomic E-state index is 4.61. The number of benzene rings is 1. The van der Waals surface area contributed by atoms with E-state index in [-0.39, 0.29) is 0 Å². The van der Waals surface area contributed by atoms with E-state index in [9.17, 15) is 0 Å². The van der Waals surface area contributed by atoms with E-state index in [4.69, 9.17) is 0 Å². The molecule has 0 amide bonds. The van der Waals surface area contributed by atoms with Crippen molar-refractivity contribution in [3.05, 3.63) is 89.7 Å². The summed E-state index contributed by atoms with van der Waals surface area (Å²) < 4.78 is 1.94. The van der Waals surface area contributed by atoms with Gasteiger partial charge in [0.15, 0.2) is 5.82 Å². The Balaban J connectivity index is 1.34. The lowest BCUT2D eigenvalue weighted by molar-refractivity contribution is 0.462. The summed E-state index contributed by atoms with van der Waals surface area (Å²) in [5, 5.41) is 17.7. The van der Waals surface area contributed by atoms with Crippen LogP contribution in [-0.2, 0) is 6.42 Å². The molecular weight excluding hydrogens is 434 g/mol. The van der Waals surface area contributed by atoms with Crippen LogP contribution in [0, 0.1) is 6.92 Å². The highest BCUT2D eigenvalue weighted by Gasteiger charge is 2.21. The van der Waals surface area contributed by atoms with Gasteiger partial charge in [-0.15, -0.1) is 0 Å². The number of nitrogens with one attached hydrogen (secondary N) is 2. The second kappa shape index (κ2) is 10.3. The van der Waals surface area contributed by atoms with Crippen LogP contribution in [0.3, 0.4) is 0 Å². The first-order valence-corrected chi connectivity index (χ1v) is 12.4. The van der Waals surface area contributed by atoms with Crippen molar-refractivity contribution in [2.75, 3.05) is 18.4 Å². The Morgan fingerprint density at radius 2 is 2.11 bits per heavy atom. The third kappa shape index (κ3) is 5.05. The van der Waals surface area contributed by atoms with Crippen LogP contribution in [0.25, 0.3) is 5.52 Å². The van der Waals surface area contributed by atoms with Crippen molar-refractivity contribution in [1.82, 2.24) is 24.9 Å². The largest absolute Gasteiger partial charge is 0.338 e. The minimum Gasteiger partial charge on any atom is -0.338 e. The summed E-state index contributed by atoms with van der Waals surface area (Å²) in [4.78, 5) is 4.61. The number of hydrazone groups is 1. The molecule has 1 aromatic carbocycles. The zero-order chi connectivity index (χ0) is 24.2. The van der Waals surface area contributed by atoms with E-state index in [1.54, 1.807) is 6.33 Å². The molecule has 2 aromatic heterocycles. The standard InChI is InChI=1S/C28H33N7/c1-4-11-31-34-14-9-22(17-21(34)3)18-24-5-6-25(16-20(24)2)33-28-27-26(23-7-12-29-13-8-23)10-15-35(27)32-19-30-28/h5-6,9-11,14-17,19,23,29H,3-4,7-8,12-13,18H2,1-2H3,(H,30,32,33)/b31-11-. The number of hydrogen-bond acceptors (Lipinski definition) is 6. The molecule has 0 unspecified atom stereocenters. The van der Waals surface area contributed by atoms with Gasteiger partial charge in [-0.3, -0.25) is 0 Å². The monoisotopic (exact) mass is 467 g/mol. The number of aryl methyl sites for hydroxylation is 1. The number of nitrogens with zero attached hydrogens (tertiary/aromatic N) is 5. The first kappa shape index (κ1) is 23.1. The lowest BCUT2D eigenvalue weighted by atomic mass is 9.91. The highest BCUT2D eigenvalue weighted by molar-refractivity contribution is 5.77. The van der Waals surface area contributed by atoms with E-state index < -0.39 is 0 Å². The molecule has 5 rings (SSSR count). The van der Waals surface area contributed by atoms with Crippen molar-refractivity contribution < 1.29 is 0 Å². The van der Waals surface area contributed by atoms with E-state index >= 15 is 0 Å². The van der Waals surface area contributed by atoms with Gasteiger partial charge in [0.05, 0.1) is 5.70 Å². The van der Waals surface area contributed by atoms with Gasteiger partial charge >= 0.3 is 0 Å². The van der Waals surface area contributed by atoms with Crippen LogP contribution in [0.15, 0.2) is 78.1 Å². The number of aromatic nitrogens is 3. The predicted molar refractivity (Wildman–Crippen MR) is 143 cm³/mol. The van der Waals surface area contributed by atoms with Gasteiger partial charge in [0.1, 0.15) is 11.8 Å². The molecule has 2 aliphatic rings.